The van der Waals surface area contributed by atoms with E-state index in [4.69, 9.17) is 4.74 Å². The van der Waals surface area contributed by atoms with Crippen LogP contribution in [0, 0.1) is 13.8 Å². The summed E-state index contributed by atoms with van der Waals surface area (Å²) in [5, 5.41) is 6.71. The Kier molecular flexibility index (Phi) is 4.65. The van der Waals surface area contributed by atoms with E-state index in [0.29, 0.717) is 6.42 Å². The summed E-state index contributed by atoms with van der Waals surface area (Å²) in [5.41, 5.74) is 3.38. The predicted octanol–water partition coefficient (Wildman–Crippen LogP) is 2.64. The highest BCUT2D eigenvalue weighted by molar-refractivity contribution is 5.78. The van der Waals surface area contributed by atoms with E-state index in [0.717, 1.165) is 37.4 Å². The standard InChI is InChI=1S/C18H23N3O2/c1-13-3-4-17(11-14(13)2)23-16-6-9-21(10-7-16)18(22)12-15-5-8-19-20-15/h3-5,8,11,16H,6-7,9-10,12H2,1-2H3,(H,19,20). The zero-order valence-corrected chi connectivity index (χ0v) is 13.7. The Labute approximate surface area is 136 Å². The van der Waals surface area contributed by atoms with Gasteiger partial charge in [0, 0.05) is 37.8 Å². The van der Waals surface area contributed by atoms with Gasteiger partial charge in [0.1, 0.15) is 11.9 Å². The summed E-state index contributed by atoms with van der Waals surface area (Å²) in [4.78, 5) is 14.2. The van der Waals surface area contributed by atoms with Crippen molar-refractivity contribution in [3.05, 3.63) is 47.3 Å². The largest absolute Gasteiger partial charge is 0.490 e. The van der Waals surface area contributed by atoms with Crippen molar-refractivity contribution >= 4 is 5.91 Å². The summed E-state index contributed by atoms with van der Waals surface area (Å²) < 4.78 is 6.07. The van der Waals surface area contributed by atoms with Gasteiger partial charge in [0.2, 0.25) is 5.91 Å². The topological polar surface area (TPSA) is 58.2 Å². The number of nitrogens with zero attached hydrogens (tertiary/aromatic N) is 2. The molecule has 5 nitrogen and oxygen atoms in total. The smallest absolute Gasteiger partial charge is 0.228 e. The lowest BCUT2D eigenvalue weighted by atomic mass is 10.1. The monoisotopic (exact) mass is 313 g/mol. The fraction of sp³-hybridized carbons (Fsp3) is 0.444. The molecule has 1 aliphatic rings. The van der Waals surface area contributed by atoms with E-state index < -0.39 is 0 Å². The van der Waals surface area contributed by atoms with Crippen LogP contribution in [0.2, 0.25) is 0 Å². The molecule has 5 heteroatoms. The highest BCUT2D eigenvalue weighted by atomic mass is 16.5. The minimum absolute atomic E-state index is 0.152. The van der Waals surface area contributed by atoms with Crippen molar-refractivity contribution in [2.75, 3.05) is 13.1 Å². The third kappa shape index (κ3) is 3.92. The number of carbonyl (C=O) groups is 1. The first kappa shape index (κ1) is 15.6. The molecule has 1 N–H and O–H groups in total. The molecule has 0 spiro atoms. The molecule has 0 atom stereocenters. The lowest BCUT2D eigenvalue weighted by molar-refractivity contribution is -0.132. The van der Waals surface area contributed by atoms with E-state index in [-0.39, 0.29) is 12.0 Å². The zero-order chi connectivity index (χ0) is 16.2. The molecule has 1 aliphatic heterocycles. The maximum absolute atomic E-state index is 12.2. The number of hydrogen-bond donors (Lipinski definition) is 1. The minimum atomic E-state index is 0.152. The van der Waals surface area contributed by atoms with Gasteiger partial charge >= 0.3 is 0 Å². The van der Waals surface area contributed by atoms with Crippen LogP contribution in [0.25, 0.3) is 0 Å². The summed E-state index contributed by atoms with van der Waals surface area (Å²) in [7, 11) is 0. The molecule has 1 aromatic carbocycles. The van der Waals surface area contributed by atoms with E-state index in [9.17, 15) is 4.79 Å². The number of nitrogens with one attached hydrogen (secondary N) is 1. The second kappa shape index (κ2) is 6.86. The van der Waals surface area contributed by atoms with Gasteiger partial charge < -0.3 is 9.64 Å². The van der Waals surface area contributed by atoms with Crippen molar-refractivity contribution in [1.82, 2.24) is 15.1 Å². The van der Waals surface area contributed by atoms with E-state index in [2.05, 4.69) is 36.2 Å². The molecule has 0 aliphatic carbocycles. The van der Waals surface area contributed by atoms with Crippen LogP contribution in [0.1, 0.15) is 29.7 Å². The van der Waals surface area contributed by atoms with E-state index in [1.165, 1.54) is 11.1 Å². The number of likely N-dealkylation sites (tertiary alicyclic amines) is 1. The van der Waals surface area contributed by atoms with Gasteiger partial charge in [-0.15, -0.1) is 0 Å². The average molecular weight is 313 g/mol. The fourth-order valence-corrected chi connectivity index (χ4v) is 2.86. The Hall–Kier alpha value is -2.30. The van der Waals surface area contributed by atoms with Crippen molar-refractivity contribution in [3.8, 4) is 5.75 Å². The molecule has 1 saturated heterocycles. The van der Waals surface area contributed by atoms with Crippen LogP contribution in [0.3, 0.4) is 0 Å². The molecule has 0 saturated carbocycles. The van der Waals surface area contributed by atoms with Crippen molar-refractivity contribution < 1.29 is 9.53 Å². The number of hydrogen-bond acceptors (Lipinski definition) is 3. The van der Waals surface area contributed by atoms with E-state index in [1.807, 2.05) is 17.0 Å². The molecular weight excluding hydrogens is 290 g/mol. The van der Waals surface area contributed by atoms with Crippen LogP contribution in [0.5, 0.6) is 5.75 Å². The van der Waals surface area contributed by atoms with Gasteiger partial charge in [0.05, 0.1) is 6.42 Å². The molecule has 1 aromatic heterocycles. The number of H-pyrrole nitrogens is 1. The van der Waals surface area contributed by atoms with Gasteiger partial charge in [-0.2, -0.15) is 5.10 Å². The number of benzene rings is 1. The third-order valence-electron chi connectivity index (χ3n) is 4.48. The first-order valence-electron chi connectivity index (χ1n) is 8.12. The summed E-state index contributed by atoms with van der Waals surface area (Å²) in [6.07, 6.45) is 4.01. The average Bonchev–Trinajstić information content (AvgIpc) is 3.04. The molecule has 0 unspecified atom stereocenters. The molecule has 3 rings (SSSR count). The SMILES string of the molecule is Cc1ccc(OC2CCN(C(=O)Cc3ccn[nH]3)CC2)cc1C. The van der Waals surface area contributed by atoms with Gasteiger partial charge in [-0.25, -0.2) is 0 Å². The van der Waals surface area contributed by atoms with Crippen molar-refractivity contribution in [3.63, 3.8) is 0 Å². The first-order valence-corrected chi connectivity index (χ1v) is 8.12. The molecule has 122 valence electrons. The fourth-order valence-electron chi connectivity index (χ4n) is 2.86. The summed E-state index contributed by atoms with van der Waals surface area (Å²) in [6, 6.07) is 8.05. The molecule has 2 aromatic rings. The number of rotatable bonds is 4. The number of amides is 1. The molecule has 0 bridgehead atoms. The molecule has 0 radical (unpaired) electrons. The molecule has 1 fully saturated rings. The Morgan fingerprint density at radius 2 is 2.04 bits per heavy atom. The van der Waals surface area contributed by atoms with Gasteiger partial charge in [-0.3, -0.25) is 9.89 Å². The van der Waals surface area contributed by atoms with Crippen molar-refractivity contribution in [1.29, 1.82) is 0 Å². The lowest BCUT2D eigenvalue weighted by Crippen LogP contribution is -2.42. The molecule has 2 heterocycles. The molecule has 1 amide bonds. The minimum Gasteiger partial charge on any atom is -0.490 e. The predicted molar refractivity (Wildman–Crippen MR) is 88.4 cm³/mol. The van der Waals surface area contributed by atoms with E-state index >= 15 is 0 Å². The van der Waals surface area contributed by atoms with Crippen LogP contribution >= 0.6 is 0 Å². The van der Waals surface area contributed by atoms with Gasteiger partial charge in [0.15, 0.2) is 0 Å². The number of ether oxygens (including phenoxy) is 1. The Balaban J connectivity index is 1.50. The first-order chi connectivity index (χ1) is 11.1. The van der Waals surface area contributed by atoms with Gasteiger partial charge in [0.25, 0.3) is 0 Å². The molecule has 23 heavy (non-hydrogen) atoms. The van der Waals surface area contributed by atoms with Crippen LogP contribution in [0.4, 0.5) is 0 Å². The normalized spacial score (nSPS) is 15.7. The lowest BCUT2D eigenvalue weighted by Gasteiger charge is -2.32. The van der Waals surface area contributed by atoms with Crippen LogP contribution in [0.15, 0.2) is 30.5 Å². The van der Waals surface area contributed by atoms with Crippen LogP contribution < -0.4 is 4.74 Å². The summed E-state index contributed by atoms with van der Waals surface area (Å²) >= 11 is 0. The van der Waals surface area contributed by atoms with Crippen LogP contribution in [-0.2, 0) is 11.2 Å². The van der Waals surface area contributed by atoms with Gasteiger partial charge in [-0.05, 0) is 43.2 Å². The van der Waals surface area contributed by atoms with Crippen molar-refractivity contribution in [2.24, 2.45) is 0 Å². The summed E-state index contributed by atoms with van der Waals surface area (Å²) in [5.74, 6) is 1.08. The van der Waals surface area contributed by atoms with Gasteiger partial charge in [-0.1, -0.05) is 6.07 Å². The highest BCUT2D eigenvalue weighted by Crippen LogP contribution is 2.22. The molecular formula is C18H23N3O2. The maximum Gasteiger partial charge on any atom is 0.228 e. The van der Waals surface area contributed by atoms with Crippen molar-refractivity contribution in [2.45, 2.75) is 39.2 Å². The maximum atomic E-state index is 12.2. The quantitative estimate of drug-likeness (QED) is 0.944. The summed E-state index contributed by atoms with van der Waals surface area (Å²) in [6.45, 7) is 5.70. The number of aromatic amines is 1. The Morgan fingerprint density at radius 3 is 2.70 bits per heavy atom. The number of aryl methyl sites for hydroxylation is 2. The Morgan fingerprint density at radius 1 is 1.26 bits per heavy atom. The second-order valence-corrected chi connectivity index (χ2v) is 6.20. The third-order valence-corrected chi connectivity index (χ3v) is 4.48. The number of aromatic nitrogens is 2. The Bertz CT molecular complexity index is 659. The zero-order valence-electron chi connectivity index (χ0n) is 13.7. The number of piperidine rings is 1. The number of carbonyl (C=O) groups excluding carboxylic acids is 1. The highest BCUT2D eigenvalue weighted by Gasteiger charge is 2.24. The second-order valence-electron chi connectivity index (χ2n) is 6.20. The van der Waals surface area contributed by atoms with E-state index in [1.54, 1.807) is 6.20 Å². The van der Waals surface area contributed by atoms with Crippen LogP contribution in [-0.4, -0.2) is 40.2 Å².